The topological polar surface area (TPSA) is 9.23 Å². The van der Waals surface area contributed by atoms with E-state index in [0.29, 0.717) is 4.38 Å². The van der Waals surface area contributed by atoms with Crippen molar-refractivity contribution in [1.29, 1.82) is 0 Å². The van der Waals surface area contributed by atoms with Crippen LogP contribution in [0.4, 0.5) is 0 Å². The molecule has 0 aliphatic carbocycles. The van der Waals surface area contributed by atoms with Crippen molar-refractivity contribution in [1.82, 2.24) is 0 Å². The van der Waals surface area contributed by atoms with Gasteiger partial charge in [-0.3, -0.25) is 0 Å². The van der Waals surface area contributed by atoms with Crippen molar-refractivity contribution >= 4 is 28.4 Å². The molecule has 0 radical (unpaired) electrons. The Morgan fingerprint density at radius 3 is 2.33 bits per heavy atom. The third-order valence-corrected chi connectivity index (χ3v) is 3.32. The summed E-state index contributed by atoms with van der Waals surface area (Å²) in [4.78, 5) is 0. The molecule has 0 aromatic carbocycles. The molecule has 0 heterocycles. The first kappa shape index (κ1) is 15.2. The number of hydrogen-bond acceptors (Lipinski definition) is 3. The highest BCUT2D eigenvalue weighted by Crippen LogP contribution is 2.13. The van der Waals surface area contributed by atoms with Gasteiger partial charge in [0.1, 0.15) is 0 Å². The first-order valence-electron chi connectivity index (χ1n) is 6.00. The van der Waals surface area contributed by atoms with Gasteiger partial charge in [0.2, 0.25) is 4.38 Å². The molecule has 0 saturated carbocycles. The van der Waals surface area contributed by atoms with E-state index in [2.05, 4.69) is 6.92 Å². The van der Waals surface area contributed by atoms with E-state index in [1.165, 1.54) is 38.5 Å². The van der Waals surface area contributed by atoms with Crippen LogP contribution in [0.3, 0.4) is 0 Å². The van der Waals surface area contributed by atoms with Crippen LogP contribution >= 0.6 is 24.0 Å². The average Bonchev–Trinajstić information content (AvgIpc) is 2.15. The van der Waals surface area contributed by atoms with Crippen LogP contribution in [-0.4, -0.2) is 16.2 Å². The van der Waals surface area contributed by atoms with Gasteiger partial charge in [-0.05, 0) is 32.5 Å². The van der Waals surface area contributed by atoms with E-state index in [1.54, 1.807) is 11.8 Å². The molecule has 0 amide bonds. The monoisotopic (exact) mass is 248 g/mol. The van der Waals surface area contributed by atoms with Gasteiger partial charge in [-0.15, -0.1) is 0 Å². The Labute approximate surface area is 104 Å². The van der Waals surface area contributed by atoms with Gasteiger partial charge < -0.3 is 4.74 Å². The summed E-state index contributed by atoms with van der Waals surface area (Å²) in [5.74, 6) is 1.11. The maximum absolute atomic E-state index is 5.39. The molecule has 0 N–H and O–H groups in total. The predicted molar refractivity (Wildman–Crippen MR) is 74.7 cm³/mol. The minimum absolute atomic E-state index is 0.217. The molecule has 0 rings (SSSR count). The summed E-state index contributed by atoms with van der Waals surface area (Å²) in [5.41, 5.74) is 0. The number of rotatable bonds is 8. The first-order valence-corrected chi connectivity index (χ1v) is 7.39. The maximum Gasteiger partial charge on any atom is 0.220 e. The molecular weight excluding hydrogens is 224 g/mol. The molecule has 0 spiro atoms. The number of ether oxygens (including phenoxy) is 1. The summed E-state index contributed by atoms with van der Waals surface area (Å²) in [6, 6.07) is 0. The van der Waals surface area contributed by atoms with E-state index in [-0.39, 0.29) is 6.10 Å². The van der Waals surface area contributed by atoms with Gasteiger partial charge in [0, 0.05) is 5.75 Å². The standard InChI is InChI=1S/C12H24OS2/c1-4-5-6-7-8-9-10-15-12(14)13-11(2)3/h11H,4-10H2,1-3H3. The zero-order chi connectivity index (χ0) is 11.5. The lowest BCUT2D eigenvalue weighted by atomic mass is 10.1. The largest absolute Gasteiger partial charge is 0.476 e. The molecule has 90 valence electrons. The van der Waals surface area contributed by atoms with Crippen LogP contribution < -0.4 is 0 Å². The lowest BCUT2D eigenvalue weighted by molar-refractivity contribution is 0.243. The van der Waals surface area contributed by atoms with E-state index in [4.69, 9.17) is 17.0 Å². The maximum atomic E-state index is 5.39. The highest BCUT2D eigenvalue weighted by atomic mass is 32.2. The third kappa shape index (κ3) is 12.2. The SMILES string of the molecule is CCCCCCCCSC(=S)OC(C)C. The van der Waals surface area contributed by atoms with Gasteiger partial charge in [0.25, 0.3) is 0 Å². The average molecular weight is 248 g/mol. The molecule has 0 aromatic rings. The van der Waals surface area contributed by atoms with Crippen LogP contribution in [0.1, 0.15) is 59.3 Å². The zero-order valence-electron chi connectivity index (χ0n) is 10.3. The van der Waals surface area contributed by atoms with Gasteiger partial charge in [0.15, 0.2) is 0 Å². The van der Waals surface area contributed by atoms with Crippen molar-refractivity contribution in [3.63, 3.8) is 0 Å². The fourth-order valence-corrected chi connectivity index (χ4v) is 2.48. The minimum atomic E-state index is 0.217. The number of unbranched alkanes of at least 4 members (excludes halogenated alkanes) is 5. The molecule has 1 nitrogen and oxygen atoms in total. The lowest BCUT2D eigenvalue weighted by Gasteiger charge is -2.09. The summed E-state index contributed by atoms with van der Waals surface area (Å²) in [6.07, 6.45) is 8.26. The Morgan fingerprint density at radius 1 is 1.13 bits per heavy atom. The Morgan fingerprint density at radius 2 is 1.73 bits per heavy atom. The van der Waals surface area contributed by atoms with E-state index in [1.807, 2.05) is 13.8 Å². The van der Waals surface area contributed by atoms with Gasteiger partial charge in [-0.1, -0.05) is 50.8 Å². The Kier molecular flexibility index (Phi) is 10.9. The molecule has 0 aliphatic heterocycles. The van der Waals surface area contributed by atoms with Crippen molar-refractivity contribution in [2.75, 3.05) is 5.75 Å². The van der Waals surface area contributed by atoms with E-state index < -0.39 is 0 Å². The van der Waals surface area contributed by atoms with Gasteiger partial charge in [-0.2, -0.15) is 0 Å². The second kappa shape index (κ2) is 10.7. The quantitative estimate of drug-likeness (QED) is 0.451. The number of thioether (sulfide) groups is 1. The molecule has 0 bridgehead atoms. The van der Waals surface area contributed by atoms with Crippen LogP contribution in [-0.2, 0) is 4.74 Å². The minimum Gasteiger partial charge on any atom is -0.476 e. The molecule has 0 saturated heterocycles. The summed E-state index contributed by atoms with van der Waals surface area (Å²) in [7, 11) is 0. The van der Waals surface area contributed by atoms with Crippen molar-refractivity contribution in [2.24, 2.45) is 0 Å². The number of hydrogen-bond donors (Lipinski definition) is 0. The lowest BCUT2D eigenvalue weighted by Crippen LogP contribution is -2.06. The van der Waals surface area contributed by atoms with Crippen molar-refractivity contribution in [3.05, 3.63) is 0 Å². The Hall–Kier alpha value is 0.240. The summed E-state index contributed by atoms with van der Waals surface area (Å²) < 4.78 is 6.10. The highest BCUT2D eigenvalue weighted by molar-refractivity contribution is 8.22. The molecule has 0 atom stereocenters. The van der Waals surface area contributed by atoms with Crippen molar-refractivity contribution in [3.8, 4) is 0 Å². The fourth-order valence-electron chi connectivity index (χ4n) is 1.26. The normalized spacial score (nSPS) is 10.7. The van der Waals surface area contributed by atoms with E-state index >= 15 is 0 Å². The van der Waals surface area contributed by atoms with Crippen molar-refractivity contribution in [2.45, 2.75) is 65.4 Å². The second-order valence-corrected chi connectivity index (χ2v) is 5.73. The molecule has 3 heteroatoms. The molecule has 15 heavy (non-hydrogen) atoms. The Balaban J connectivity index is 3.13. The smallest absolute Gasteiger partial charge is 0.220 e. The third-order valence-electron chi connectivity index (χ3n) is 2.05. The van der Waals surface area contributed by atoms with Crippen LogP contribution in [0.2, 0.25) is 0 Å². The van der Waals surface area contributed by atoms with Crippen LogP contribution in [0.5, 0.6) is 0 Å². The Bertz CT molecular complexity index is 158. The molecule has 0 aromatic heterocycles. The molecule has 0 fully saturated rings. The van der Waals surface area contributed by atoms with Gasteiger partial charge >= 0.3 is 0 Å². The van der Waals surface area contributed by atoms with Crippen LogP contribution in [0, 0.1) is 0 Å². The molecular formula is C12H24OS2. The van der Waals surface area contributed by atoms with E-state index in [9.17, 15) is 0 Å². The fraction of sp³-hybridized carbons (Fsp3) is 0.917. The summed E-state index contributed by atoms with van der Waals surface area (Å²) >= 11 is 6.77. The van der Waals surface area contributed by atoms with Crippen LogP contribution in [0.15, 0.2) is 0 Å². The van der Waals surface area contributed by atoms with Gasteiger partial charge in [-0.25, -0.2) is 0 Å². The first-order chi connectivity index (χ1) is 7.16. The molecule has 0 unspecified atom stereocenters. The van der Waals surface area contributed by atoms with E-state index in [0.717, 1.165) is 5.75 Å². The second-order valence-electron chi connectivity index (χ2n) is 4.03. The predicted octanol–water partition coefficient (Wildman–Crippen LogP) is 4.79. The highest BCUT2D eigenvalue weighted by Gasteiger charge is 2.01. The molecule has 0 aliphatic rings. The summed E-state index contributed by atoms with van der Waals surface area (Å²) in [5, 5.41) is 0. The number of thiocarbonyl (C=S) groups is 1. The zero-order valence-corrected chi connectivity index (χ0v) is 11.9. The van der Waals surface area contributed by atoms with Gasteiger partial charge in [0.05, 0.1) is 6.10 Å². The van der Waals surface area contributed by atoms with Crippen LogP contribution in [0.25, 0.3) is 0 Å². The summed E-state index contributed by atoms with van der Waals surface area (Å²) in [6.45, 7) is 6.27. The van der Waals surface area contributed by atoms with Crippen molar-refractivity contribution < 1.29 is 4.74 Å².